The van der Waals surface area contributed by atoms with Gasteiger partial charge in [-0.25, -0.2) is 0 Å². The number of pyridine rings is 2. The Kier molecular flexibility index (Phi) is 11.1. The monoisotopic (exact) mass is 917 g/mol. The smallest absolute Gasteiger partial charge is 0 e. The van der Waals surface area contributed by atoms with Crippen molar-refractivity contribution < 1.29 is 24.5 Å². The Hall–Kier alpha value is -4.61. The number of furan rings is 1. The van der Waals surface area contributed by atoms with Crippen LogP contribution in [0.3, 0.4) is 0 Å². The predicted octanol–water partition coefficient (Wildman–Crippen LogP) is 12.2. The van der Waals surface area contributed by atoms with Crippen LogP contribution in [0.5, 0.6) is 0 Å². The van der Waals surface area contributed by atoms with Gasteiger partial charge in [-0.1, -0.05) is 99.0 Å². The maximum atomic E-state index is 6.45. The van der Waals surface area contributed by atoms with Crippen molar-refractivity contribution in [3.05, 3.63) is 164 Å². The number of hydrogen-bond donors (Lipinski definition) is 0. The summed E-state index contributed by atoms with van der Waals surface area (Å²) in [7, 11) is 0. The zero-order valence-electron chi connectivity index (χ0n) is 30.5. The standard InChI is InChI=1S/C33H26NO.C14H16GeN.Ir/c1-33(2,3)26-16-17-34-29(21-26)24-14-15-27-30(19-24)35-31-20-25(22-10-6-4-7-11-22)18-28(32(27)31)23-12-8-5-9-13-23;1-15(2,3)13-9-10-14(16-11-13)12-7-5-4-6-8-12;/h4-18,20-21H,1-3H3;4-7,9-11H,1-3H3;/q2*-1;. The van der Waals surface area contributed by atoms with Gasteiger partial charge >= 0.3 is 99.8 Å². The van der Waals surface area contributed by atoms with Crippen molar-refractivity contribution in [1.29, 1.82) is 0 Å². The first-order valence-corrected chi connectivity index (χ1v) is 24.8. The van der Waals surface area contributed by atoms with Crippen LogP contribution in [0.25, 0.3) is 66.7 Å². The van der Waals surface area contributed by atoms with Gasteiger partial charge in [0.05, 0.1) is 5.58 Å². The van der Waals surface area contributed by atoms with Gasteiger partial charge < -0.3 is 9.40 Å². The maximum Gasteiger partial charge on any atom is 0 e. The third-order valence-corrected chi connectivity index (χ3v) is 13.5. The second kappa shape index (κ2) is 15.6. The van der Waals surface area contributed by atoms with Crippen LogP contribution >= 0.6 is 0 Å². The largest absolute Gasteiger partial charge is 0 e. The summed E-state index contributed by atoms with van der Waals surface area (Å²) in [5, 5.41) is 2.18. The molecule has 3 heterocycles. The Labute approximate surface area is 323 Å². The predicted molar refractivity (Wildman–Crippen MR) is 217 cm³/mol. The molecule has 0 aliphatic carbocycles. The molecule has 0 bridgehead atoms. The van der Waals surface area contributed by atoms with Crippen LogP contribution in [-0.4, -0.2) is 23.2 Å². The number of hydrogen-bond acceptors (Lipinski definition) is 3. The molecule has 5 aromatic carbocycles. The maximum absolute atomic E-state index is 6.45. The number of nitrogens with zero attached hydrogens (tertiary/aromatic N) is 2. The van der Waals surface area contributed by atoms with E-state index in [1.54, 1.807) is 0 Å². The van der Waals surface area contributed by atoms with Crippen molar-refractivity contribution in [2.45, 2.75) is 43.5 Å². The topological polar surface area (TPSA) is 38.9 Å². The van der Waals surface area contributed by atoms with E-state index < -0.39 is 13.3 Å². The van der Waals surface area contributed by atoms with Crippen molar-refractivity contribution in [2.24, 2.45) is 0 Å². The van der Waals surface area contributed by atoms with E-state index in [0.717, 1.165) is 55.6 Å². The van der Waals surface area contributed by atoms with Crippen LogP contribution in [0.4, 0.5) is 0 Å². The summed E-state index contributed by atoms with van der Waals surface area (Å²) in [4.78, 5) is 9.16. The molecule has 0 aliphatic heterocycles. The van der Waals surface area contributed by atoms with Crippen LogP contribution in [0, 0.1) is 12.1 Å². The molecule has 0 amide bonds. The van der Waals surface area contributed by atoms with Crippen LogP contribution in [0.15, 0.2) is 150 Å². The first kappa shape index (κ1) is 37.2. The normalized spacial score (nSPS) is 11.5. The van der Waals surface area contributed by atoms with Crippen LogP contribution < -0.4 is 4.40 Å². The number of rotatable bonds is 5. The first-order valence-electron chi connectivity index (χ1n) is 17.5. The Morgan fingerprint density at radius 1 is 0.635 bits per heavy atom. The first-order chi connectivity index (χ1) is 24.5. The van der Waals surface area contributed by atoms with Crippen molar-refractivity contribution in [3.8, 4) is 44.8 Å². The summed E-state index contributed by atoms with van der Waals surface area (Å²) in [5.41, 5.74) is 11.5. The molecule has 0 unspecified atom stereocenters. The van der Waals surface area contributed by atoms with Gasteiger partial charge in [0.1, 0.15) is 5.58 Å². The van der Waals surface area contributed by atoms with E-state index in [1.165, 1.54) is 21.1 Å². The fourth-order valence-electron chi connectivity index (χ4n) is 6.22. The number of aromatic nitrogens is 2. The molecule has 0 fully saturated rings. The van der Waals surface area contributed by atoms with Gasteiger partial charge in [-0.2, -0.15) is 0 Å². The van der Waals surface area contributed by atoms with Gasteiger partial charge in [-0.05, 0) is 62.5 Å². The molecule has 0 atom stereocenters. The molecule has 1 radical (unpaired) electrons. The molecular weight excluding hydrogens is 873 g/mol. The minimum atomic E-state index is -1.72. The molecular formula is C47H42GeIrN2O-2. The third kappa shape index (κ3) is 8.21. The Morgan fingerprint density at radius 3 is 1.98 bits per heavy atom. The molecule has 3 nitrogen and oxygen atoms in total. The summed E-state index contributed by atoms with van der Waals surface area (Å²) in [6, 6.07) is 52.9. The number of benzene rings is 5. The quantitative estimate of drug-likeness (QED) is 0.128. The zero-order chi connectivity index (χ0) is 35.6. The van der Waals surface area contributed by atoms with Gasteiger partial charge in [0.2, 0.25) is 0 Å². The Balaban J connectivity index is 0.000000230. The van der Waals surface area contributed by atoms with Crippen LogP contribution in [0.2, 0.25) is 17.3 Å². The summed E-state index contributed by atoms with van der Waals surface area (Å²) in [6.07, 6.45) is 3.92. The zero-order valence-corrected chi connectivity index (χ0v) is 35.0. The molecule has 0 aliphatic rings. The van der Waals surface area contributed by atoms with Crippen LogP contribution in [0.1, 0.15) is 26.3 Å². The van der Waals surface area contributed by atoms with Gasteiger partial charge in [-0.3, -0.25) is 0 Å². The Morgan fingerprint density at radius 2 is 1.35 bits per heavy atom. The molecule has 0 N–H and O–H groups in total. The second-order valence-corrected chi connectivity index (χ2v) is 25.6. The molecule has 8 aromatic rings. The van der Waals surface area contributed by atoms with E-state index in [-0.39, 0.29) is 25.5 Å². The van der Waals surface area contributed by atoms with E-state index in [0.29, 0.717) is 0 Å². The van der Waals surface area contributed by atoms with Gasteiger partial charge in [-0.15, -0.1) is 17.7 Å². The van der Waals surface area contributed by atoms with Crippen molar-refractivity contribution in [2.75, 3.05) is 0 Å². The summed E-state index contributed by atoms with van der Waals surface area (Å²) >= 11 is -1.72. The average molecular weight is 916 g/mol. The van der Waals surface area contributed by atoms with E-state index in [2.05, 4.69) is 157 Å². The third-order valence-electron chi connectivity index (χ3n) is 9.20. The molecule has 52 heavy (non-hydrogen) atoms. The summed E-state index contributed by atoms with van der Waals surface area (Å²) < 4.78 is 7.90. The van der Waals surface area contributed by atoms with Gasteiger partial charge in [0.15, 0.2) is 0 Å². The van der Waals surface area contributed by atoms with Crippen molar-refractivity contribution in [1.82, 2.24) is 9.97 Å². The van der Waals surface area contributed by atoms with Gasteiger partial charge in [0.25, 0.3) is 0 Å². The molecule has 8 rings (SSSR count). The molecule has 3 aromatic heterocycles. The molecule has 0 saturated heterocycles. The van der Waals surface area contributed by atoms with E-state index in [1.807, 2.05) is 48.8 Å². The SMILES string of the molecule is CC(C)(C)c1ccnc(-c2[c-]c3oc4cc(-c5ccccc5)cc(-c5ccccc5)c4c3cc2)c1.[CH3][Ge]([CH3])([CH3])[c]1ccc(-c2[c-]cccc2)nc1.[Ir]. The summed E-state index contributed by atoms with van der Waals surface area (Å²) in [5.74, 6) is 7.14. The van der Waals surface area contributed by atoms with E-state index >= 15 is 0 Å². The molecule has 0 spiro atoms. The molecule has 261 valence electrons. The van der Waals surface area contributed by atoms with Crippen molar-refractivity contribution >= 4 is 39.6 Å². The van der Waals surface area contributed by atoms with E-state index in [9.17, 15) is 0 Å². The fraction of sp³-hybridized carbons (Fsp3) is 0.149. The second-order valence-electron chi connectivity index (χ2n) is 15.0. The number of fused-ring (bicyclic) bond motifs is 3. The molecule has 5 heteroatoms. The summed E-state index contributed by atoms with van der Waals surface area (Å²) in [6.45, 7) is 6.65. The minimum absolute atomic E-state index is 0. The fourth-order valence-corrected chi connectivity index (χ4v) is 8.39. The molecule has 0 saturated carbocycles. The van der Waals surface area contributed by atoms with Gasteiger partial charge in [0, 0.05) is 26.3 Å². The average Bonchev–Trinajstić information content (AvgIpc) is 3.53. The Bertz CT molecular complexity index is 2410. The van der Waals surface area contributed by atoms with Crippen molar-refractivity contribution in [3.63, 3.8) is 0 Å². The van der Waals surface area contributed by atoms with Crippen LogP contribution in [-0.2, 0) is 25.5 Å². The minimum Gasteiger partial charge on any atom is 0 e. The van der Waals surface area contributed by atoms with E-state index in [4.69, 9.17) is 4.42 Å².